The van der Waals surface area contributed by atoms with E-state index in [9.17, 15) is 18.8 Å². The molecule has 0 aliphatic carbocycles. The molecule has 2 aliphatic rings. The Morgan fingerprint density at radius 2 is 1.80 bits per heavy atom. The number of amides is 3. The van der Waals surface area contributed by atoms with Gasteiger partial charge in [-0.3, -0.25) is 19.4 Å². The highest BCUT2D eigenvalue weighted by Gasteiger charge is 2.37. The molecule has 0 radical (unpaired) electrons. The first kappa shape index (κ1) is 27.6. The lowest BCUT2D eigenvalue weighted by Gasteiger charge is -2.22. The Labute approximate surface area is 236 Å². The van der Waals surface area contributed by atoms with E-state index in [0.717, 1.165) is 29.6 Å². The third kappa shape index (κ3) is 6.43. The number of likely N-dealkylation sites (N-methyl/N-ethyl adjacent to an activating group) is 1. The molecule has 1 unspecified atom stereocenters. The van der Waals surface area contributed by atoms with Crippen LogP contribution in [0.3, 0.4) is 0 Å². The summed E-state index contributed by atoms with van der Waals surface area (Å²) in [6, 6.07) is 14.8. The molecule has 1 fully saturated rings. The number of aromatic nitrogens is 1. The quantitative estimate of drug-likeness (QED) is 0.397. The zero-order valence-corrected chi connectivity index (χ0v) is 23.0. The number of nitrogens with one attached hydrogen (secondary N) is 2. The molecule has 2 aromatic carbocycles. The molecule has 0 spiro atoms. The maximum absolute atomic E-state index is 15.0. The maximum Gasteiger partial charge on any atom is 0.236 e. The summed E-state index contributed by atoms with van der Waals surface area (Å²) in [6.45, 7) is 1.44. The van der Waals surface area contributed by atoms with E-state index in [-0.39, 0.29) is 22.6 Å². The lowest BCUT2D eigenvalue weighted by atomic mass is 10.2. The minimum absolute atomic E-state index is 0.0306. The van der Waals surface area contributed by atoms with Crippen LogP contribution in [0.15, 0.2) is 65.7 Å². The van der Waals surface area contributed by atoms with Crippen molar-refractivity contribution in [2.45, 2.75) is 35.4 Å². The van der Waals surface area contributed by atoms with E-state index in [2.05, 4.69) is 20.5 Å². The molecule has 9 nitrogen and oxygen atoms in total. The molecule has 0 bridgehead atoms. The van der Waals surface area contributed by atoms with Crippen LogP contribution in [0, 0.1) is 5.82 Å². The summed E-state index contributed by atoms with van der Waals surface area (Å²) < 4.78 is 20.9. The predicted molar refractivity (Wildman–Crippen MR) is 151 cm³/mol. The van der Waals surface area contributed by atoms with Gasteiger partial charge in [-0.25, -0.2) is 4.39 Å². The lowest BCUT2D eigenvalue weighted by molar-refractivity contribution is -0.129. The highest BCUT2D eigenvalue weighted by molar-refractivity contribution is 8.01. The number of nitrogens with zero attached hydrogens (tertiary/aromatic N) is 3. The van der Waals surface area contributed by atoms with E-state index in [1.54, 1.807) is 36.5 Å². The fraction of sp³-hybridized carbons (Fsp3) is 0.310. The first-order valence-electron chi connectivity index (χ1n) is 13.0. The minimum atomic E-state index is -0.681. The Bertz CT molecular complexity index is 1420. The van der Waals surface area contributed by atoms with E-state index < -0.39 is 24.1 Å². The fourth-order valence-electron chi connectivity index (χ4n) is 4.75. The number of halogens is 1. The number of likely N-dealkylation sites (tertiary alicyclic amines) is 1. The molecule has 11 heteroatoms. The third-order valence-electron chi connectivity index (χ3n) is 6.88. The third-order valence-corrected chi connectivity index (χ3v) is 8.20. The van der Waals surface area contributed by atoms with E-state index >= 15 is 0 Å². The number of rotatable bonds is 8. The number of anilines is 2. The summed E-state index contributed by atoms with van der Waals surface area (Å²) in [5.74, 6) is -1.26. The Hall–Kier alpha value is -3.96. The van der Waals surface area contributed by atoms with Gasteiger partial charge in [-0.15, -0.1) is 11.8 Å². The second kappa shape index (κ2) is 12.1. The zero-order chi connectivity index (χ0) is 28.2. The number of thioether (sulfide) groups is 1. The van der Waals surface area contributed by atoms with Gasteiger partial charge in [0.15, 0.2) is 11.6 Å². The predicted octanol–water partition coefficient (Wildman–Crippen LogP) is 4.16. The molecule has 0 saturated carbocycles. The topological polar surface area (TPSA) is 104 Å². The molecule has 40 heavy (non-hydrogen) atoms. The molecule has 1 saturated heterocycles. The number of carbonyl (C=O) groups excluding carboxylic acids is 3. The minimum Gasteiger partial charge on any atom is -0.453 e. The monoisotopic (exact) mass is 563 g/mol. The van der Waals surface area contributed by atoms with Crippen LogP contribution in [0.1, 0.15) is 18.5 Å². The smallest absolute Gasteiger partial charge is 0.236 e. The van der Waals surface area contributed by atoms with E-state index in [1.807, 2.05) is 25.1 Å². The molecular formula is C29H30FN5O4S. The second-order valence-electron chi connectivity index (χ2n) is 9.97. The molecule has 1 aromatic heterocycles. The van der Waals surface area contributed by atoms with Gasteiger partial charge in [0.25, 0.3) is 0 Å². The van der Waals surface area contributed by atoms with Crippen LogP contribution in [0.5, 0.6) is 11.5 Å². The van der Waals surface area contributed by atoms with Crippen LogP contribution in [-0.4, -0.2) is 71.0 Å². The maximum atomic E-state index is 15.0. The van der Waals surface area contributed by atoms with Crippen LogP contribution < -0.4 is 15.4 Å². The average Bonchev–Trinajstić information content (AvgIpc) is 3.59. The van der Waals surface area contributed by atoms with Crippen molar-refractivity contribution in [2.75, 3.05) is 37.8 Å². The van der Waals surface area contributed by atoms with Gasteiger partial charge >= 0.3 is 0 Å². The number of hydrogen-bond donors (Lipinski definition) is 2. The van der Waals surface area contributed by atoms with E-state index in [4.69, 9.17) is 4.74 Å². The largest absolute Gasteiger partial charge is 0.453 e. The van der Waals surface area contributed by atoms with Crippen molar-refractivity contribution < 1.29 is 23.5 Å². The van der Waals surface area contributed by atoms with Crippen molar-refractivity contribution in [1.82, 2.24) is 14.8 Å². The summed E-state index contributed by atoms with van der Waals surface area (Å²) in [5.41, 5.74) is 1.53. The summed E-state index contributed by atoms with van der Waals surface area (Å²) in [4.78, 5) is 46.8. The second-order valence-corrected chi connectivity index (χ2v) is 11.2. The van der Waals surface area contributed by atoms with Gasteiger partial charge in [0.05, 0.1) is 15.8 Å². The standard InChI is InChI=1S/C29H30FN5O4S/c1-34(2)20-11-13-35(17-20)29(38)25-15-22-28(40-25)24(10-12-31-22)39-23-9-8-19(14-21(23)30)33-27(37)16-26(36)32-18-6-4-3-5-7-18/h3-10,12,14,20,25H,11,13,15-17H2,1-2H3,(H,32,36)(H,33,37)/t20-,25?/m1/s1. The first-order valence-corrected chi connectivity index (χ1v) is 13.9. The van der Waals surface area contributed by atoms with Gasteiger partial charge in [0, 0.05) is 55.3 Å². The SMILES string of the molecule is CN(C)[C@@H]1CCN(C(=O)C2Cc3nccc(Oc4ccc(NC(=O)CC(=O)Nc5ccccc5)cc4F)c3S2)C1. The molecule has 5 rings (SSSR count). The van der Waals surface area contributed by atoms with Crippen LogP contribution >= 0.6 is 11.8 Å². The summed E-state index contributed by atoms with van der Waals surface area (Å²) in [6.07, 6.45) is 2.62. The first-order chi connectivity index (χ1) is 19.3. The van der Waals surface area contributed by atoms with Gasteiger partial charge in [0.2, 0.25) is 17.7 Å². The molecule has 2 aliphatic heterocycles. The normalized spacial score (nSPS) is 17.9. The van der Waals surface area contributed by atoms with Crippen molar-refractivity contribution in [3.05, 3.63) is 72.3 Å². The fourth-order valence-corrected chi connectivity index (χ4v) is 6.02. The van der Waals surface area contributed by atoms with Crippen molar-refractivity contribution >= 4 is 40.9 Å². The van der Waals surface area contributed by atoms with Gasteiger partial charge < -0.3 is 25.2 Å². The summed E-state index contributed by atoms with van der Waals surface area (Å²) in [7, 11) is 4.05. The van der Waals surface area contributed by atoms with Crippen molar-refractivity contribution in [1.29, 1.82) is 0 Å². The van der Waals surface area contributed by atoms with Crippen LogP contribution in [0.2, 0.25) is 0 Å². The highest BCUT2D eigenvalue weighted by atomic mass is 32.2. The number of para-hydroxylation sites is 1. The summed E-state index contributed by atoms with van der Waals surface area (Å²) >= 11 is 1.40. The lowest BCUT2D eigenvalue weighted by Crippen LogP contribution is -2.38. The number of carbonyl (C=O) groups is 3. The van der Waals surface area contributed by atoms with Crippen molar-refractivity contribution in [3.63, 3.8) is 0 Å². The molecule has 3 amide bonds. The van der Waals surface area contributed by atoms with Crippen LogP contribution in [0.25, 0.3) is 0 Å². The molecule has 3 heterocycles. The van der Waals surface area contributed by atoms with Crippen molar-refractivity contribution in [3.8, 4) is 11.5 Å². The van der Waals surface area contributed by atoms with Gasteiger partial charge in [-0.2, -0.15) is 0 Å². The van der Waals surface area contributed by atoms with Crippen molar-refractivity contribution in [2.24, 2.45) is 0 Å². The highest BCUT2D eigenvalue weighted by Crippen LogP contribution is 2.44. The number of pyridine rings is 1. The van der Waals surface area contributed by atoms with Gasteiger partial charge in [-0.05, 0) is 44.8 Å². The number of ether oxygens (including phenoxy) is 1. The number of fused-ring (bicyclic) bond motifs is 1. The van der Waals surface area contributed by atoms with Crippen LogP contribution in [0.4, 0.5) is 15.8 Å². The van der Waals surface area contributed by atoms with Gasteiger partial charge in [0.1, 0.15) is 12.2 Å². The molecule has 2 N–H and O–H groups in total. The van der Waals surface area contributed by atoms with E-state index in [0.29, 0.717) is 30.4 Å². The summed E-state index contributed by atoms with van der Waals surface area (Å²) in [5, 5.41) is 4.87. The zero-order valence-electron chi connectivity index (χ0n) is 22.2. The molecule has 3 aromatic rings. The number of hydrogen-bond acceptors (Lipinski definition) is 7. The molecule has 208 valence electrons. The number of benzene rings is 2. The van der Waals surface area contributed by atoms with Crippen LogP contribution in [-0.2, 0) is 20.8 Å². The molecular weight excluding hydrogens is 533 g/mol. The average molecular weight is 564 g/mol. The Morgan fingerprint density at radius 1 is 1.05 bits per heavy atom. The Balaban J connectivity index is 1.19. The Morgan fingerprint density at radius 3 is 2.50 bits per heavy atom. The Kier molecular flexibility index (Phi) is 8.32. The molecule has 2 atom stereocenters. The van der Waals surface area contributed by atoms with E-state index in [1.165, 1.54) is 23.9 Å². The van der Waals surface area contributed by atoms with Gasteiger partial charge in [-0.1, -0.05) is 18.2 Å².